The van der Waals surface area contributed by atoms with Crippen LogP contribution in [0.25, 0.3) is 11.3 Å². The average molecular weight is 335 g/mol. The molecule has 0 radical (unpaired) electrons. The van der Waals surface area contributed by atoms with Gasteiger partial charge in [0.1, 0.15) is 22.7 Å². The average Bonchev–Trinajstić information content (AvgIpc) is 2.83. The number of esters is 1. The Morgan fingerprint density at radius 2 is 1.75 bits per heavy atom. The molecular weight excluding hydrogens is 317 g/mol. The van der Waals surface area contributed by atoms with Gasteiger partial charge in [-0.1, -0.05) is 0 Å². The predicted octanol–water partition coefficient (Wildman–Crippen LogP) is 3.57. The fourth-order valence-electron chi connectivity index (χ4n) is 2.09. The van der Waals surface area contributed by atoms with E-state index in [1.165, 1.54) is 24.3 Å². The van der Waals surface area contributed by atoms with Gasteiger partial charge in [0.2, 0.25) is 0 Å². The van der Waals surface area contributed by atoms with Crippen LogP contribution in [-0.2, 0) is 9.47 Å². The number of benzene rings is 1. The molecule has 6 nitrogen and oxygen atoms in total. The highest BCUT2D eigenvalue weighted by molar-refractivity contribution is 5.97. The molecule has 0 atom stereocenters. The first-order valence-electron chi connectivity index (χ1n) is 7.16. The van der Waals surface area contributed by atoms with E-state index >= 15 is 0 Å². The molecule has 0 aliphatic carbocycles. The number of hydrogen-bond acceptors (Lipinski definition) is 5. The van der Waals surface area contributed by atoms with Crippen molar-refractivity contribution in [1.29, 1.82) is 0 Å². The summed E-state index contributed by atoms with van der Waals surface area (Å²) in [7, 11) is 1.16. The quantitative estimate of drug-likeness (QED) is 0.849. The first-order chi connectivity index (χ1) is 11.1. The van der Waals surface area contributed by atoms with E-state index in [1.807, 2.05) is 0 Å². The van der Waals surface area contributed by atoms with Gasteiger partial charge in [-0.15, -0.1) is 0 Å². The van der Waals surface area contributed by atoms with Crippen molar-refractivity contribution < 1.29 is 28.6 Å². The van der Waals surface area contributed by atoms with E-state index < -0.39 is 29.2 Å². The zero-order valence-electron chi connectivity index (χ0n) is 13.8. The Hall–Kier alpha value is -2.83. The van der Waals surface area contributed by atoms with Crippen LogP contribution in [0, 0.1) is 5.82 Å². The van der Waals surface area contributed by atoms with Gasteiger partial charge >= 0.3 is 12.1 Å². The van der Waals surface area contributed by atoms with Crippen molar-refractivity contribution in [2.75, 3.05) is 7.11 Å². The monoisotopic (exact) mass is 335 g/mol. The molecule has 128 valence electrons. The summed E-state index contributed by atoms with van der Waals surface area (Å²) in [5.74, 6) is -1.72. The highest BCUT2D eigenvalue weighted by atomic mass is 19.1. The largest absolute Gasteiger partial charge is 0.505 e. The molecule has 1 aromatic heterocycles. The number of ether oxygens (including phenoxy) is 2. The van der Waals surface area contributed by atoms with Crippen molar-refractivity contribution in [3.8, 4) is 17.0 Å². The normalized spacial score (nSPS) is 11.2. The van der Waals surface area contributed by atoms with Crippen LogP contribution in [0.15, 0.2) is 30.5 Å². The van der Waals surface area contributed by atoms with Crippen molar-refractivity contribution in [2.24, 2.45) is 0 Å². The minimum Gasteiger partial charge on any atom is -0.505 e. The summed E-state index contributed by atoms with van der Waals surface area (Å²) in [6.07, 6.45) is 0.348. The number of halogens is 1. The molecule has 0 spiro atoms. The number of carbonyl (C=O) groups is 2. The lowest BCUT2D eigenvalue weighted by Crippen LogP contribution is -2.27. The number of carbonyl (C=O) groups excluding carboxylic acids is 2. The summed E-state index contributed by atoms with van der Waals surface area (Å²) in [6, 6.07) is 5.12. The third-order valence-electron chi connectivity index (χ3n) is 3.09. The minimum absolute atomic E-state index is 0.0182. The topological polar surface area (TPSA) is 77.8 Å². The second kappa shape index (κ2) is 6.35. The number of methoxy groups -OCH3 is 1. The Morgan fingerprint density at radius 1 is 1.17 bits per heavy atom. The molecule has 0 bridgehead atoms. The first-order valence-corrected chi connectivity index (χ1v) is 7.16. The molecule has 24 heavy (non-hydrogen) atoms. The van der Waals surface area contributed by atoms with Crippen LogP contribution >= 0.6 is 0 Å². The van der Waals surface area contributed by atoms with Crippen LogP contribution < -0.4 is 0 Å². The van der Waals surface area contributed by atoms with Crippen LogP contribution in [0.5, 0.6) is 5.75 Å². The molecule has 0 unspecified atom stereocenters. The van der Waals surface area contributed by atoms with Crippen LogP contribution in [0.3, 0.4) is 0 Å². The van der Waals surface area contributed by atoms with Gasteiger partial charge in [-0.2, -0.15) is 0 Å². The number of rotatable bonds is 2. The standard InChI is InChI=1S/C17H18FNO5/c1-17(2,3)24-16(22)19-9-12(15(21)23-4)14(20)13(19)10-5-7-11(18)8-6-10/h5-9,20H,1-4H3. The van der Waals surface area contributed by atoms with E-state index in [4.69, 9.17) is 4.74 Å². The van der Waals surface area contributed by atoms with Crippen LogP contribution in [0.2, 0.25) is 0 Å². The van der Waals surface area contributed by atoms with E-state index in [-0.39, 0.29) is 11.3 Å². The number of aromatic hydroxyl groups is 1. The van der Waals surface area contributed by atoms with E-state index in [1.54, 1.807) is 20.8 Å². The second-order valence-corrected chi connectivity index (χ2v) is 6.09. The Labute approximate surface area is 138 Å². The molecule has 1 heterocycles. The summed E-state index contributed by atoms with van der Waals surface area (Å²) in [6.45, 7) is 5.06. The molecule has 0 saturated carbocycles. The van der Waals surface area contributed by atoms with Gasteiger partial charge in [-0.25, -0.2) is 18.5 Å². The van der Waals surface area contributed by atoms with Crippen LogP contribution in [0.1, 0.15) is 31.1 Å². The Balaban J connectivity index is 2.62. The molecule has 0 aliphatic rings. The van der Waals surface area contributed by atoms with Crippen molar-refractivity contribution >= 4 is 12.1 Å². The molecular formula is C17H18FNO5. The molecule has 7 heteroatoms. The maximum Gasteiger partial charge on any atom is 0.419 e. The van der Waals surface area contributed by atoms with Gasteiger partial charge < -0.3 is 14.6 Å². The molecule has 1 aromatic carbocycles. The van der Waals surface area contributed by atoms with E-state index in [0.717, 1.165) is 17.9 Å². The Morgan fingerprint density at radius 3 is 2.25 bits per heavy atom. The van der Waals surface area contributed by atoms with Gasteiger partial charge in [0.15, 0.2) is 5.75 Å². The van der Waals surface area contributed by atoms with Gasteiger partial charge in [-0.3, -0.25) is 0 Å². The van der Waals surface area contributed by atoms with Gasteiger partial charge in [0, 0.05) is 11.8 Å². The lowest BCUT2D eigenvalue weighted by Gasteiger charge is -2.20. The molecule has 0 amide bonds. The number of hydrogen-bond donors (Lipinski definition) is 1. The summed E-state index contributed by atoms with van der Waals surface area (Å²) < 4.78 is 24.0. The zero-order valence-corrected chi connectivity index (χ0v) is 13.8. The number of aromatic nitrogens is 1. The smallest absolute Gasteiger partial charge is 0.419 e. The predicted molar refractivity (Wildman–Crippen MR) is 84.5 cm³/mol. The maximum atomic E-state index is 13.1. The maximum absolute atomic E-state index is 13.1. The zero-order chi connectivity index (χ0) is 18.1. The Kier molecular flexibility index (Phi) is 4.64. The SMILES string of the molecule is COC(=O)c1cn(C(=O)OC(C)(C)C)c(-c2ccc(F)cc2)c1O. The third kappa shape index (κ3) is 3.56. The van der Waals surface area contributed by atoms with Gasteiger partial charge in [-0.05, 0) is 45.0 Å². The van der Waals surface area contributed by atoms with Crippen molar-refractivity contribution in [2.45, 2.75) is 26.4 Å². The molecule has 0 saturated heterocycles. The van der Waals surface area contributed by atoms with Crippen molar-refractivity contribution in [1.82, 2.24) is 4.57 Å². The van der Waals surface area contributed by atoms with Gasteiger partial charge in [0.05, 0.1) is 7.11 Å². The highest BCUT2D eigenvalue weighted by Crippen LogP contribution is 2.35. The van der Waals surface area contributed by atoms with E-state index in [9.17, 15) is 19.1 Å². The number of nitrogens with zero attached hydrogens (tertiary/aromatic N) is 1. The second-order valence-electron chi connectivity index (χ2n) is 6.09. The fourth-order valence-corrected chi connectivity index (χ4v) is 2.09. The minimum atomic E-state index is -0.807. The molecule has 0 aliphatic heterocycles. The molecule has 2 aromatic rings. The third-order valence-corrected chi connectivity index (χ3v) is 3.09. The molecule has 1 N–H and O–H groups in total. The van der Waals surface area contributed by atoms with Crippen LogP contribution in [-0.4, -0.2) is 34.4 Å². The fraction of sp³-hybridized carbons (Fsp3) is 0.294. The van der Waals surface area contributed by atoms with E-state index in [2.05, 4.69) is 4.74 Å². The molecule has 2 rings (SSSR count). The van der Waals surface area contributed by atoms with Crippen molar-refractivity contribution in [3.63, 3.8) is 0 Å². The molecule has 0 fully saturated rings. The van der Waals surface area contributed by atoms with Crippen LogP contribution in [0.4, 0.5) is 9.18 Å². The highest BCUT2D eigenvalue weighted by Gasteiger charge is 2.28. The summed E-state index contributed by atoms with van der Waals surface area (Å²) in [5, 5.41) is 10.4. The lowest BCUT2D eigenvalue weighted by atomic mass is 10.1. The van der Waals surface area contributed by atoms with E-state index in [0.29, 0.717) is 5.56 Å². The van der Waals surface area contributed by atoms with Crippen molar-refractivity contribution in [3.05, 3.63) is 41.8 Å². The summed E-state index contributed by atoms with van der Waals surface area (Å²) in [4.78, 5) is 24.2. The van der Waals surface area contributed by atoms with Gasteiger partial charge in [0.25, 0.3) is 0 Å². The Bertz CT molecular complexity index is 772. The summed E-state index contributed by atoms with van der Waals surface area (Å²) >= 11 is 0. The summed E-state index contributed by atoms with van der Waals surface area (Å²) in [5.41, 5.74) is -0.607. The lowest BCUT2D eigenvalue weighted by molar-refractivity contribution is 0.0539. The first kappa shape index (κ1) is 17.5.